The van der Waals surface area contributed by atoms with Gasteiger partial charge >= 0.3 is 6.03 Å². The molecule has 0 aliphatic carbocycles. The number of nitrogens with one attached hydrogen (secondary N) is 3. The molecule has 0 saturated carbocycles. The number of likely N-dealkylation sites (N-methyl/N-ethyl adjacent to an activating group) is 1. The van der Waals surface area contributed by atoms with Gasteiger partial charge in [-0.05, 0) is 44.5 Å². The largest absolute Gasteiger partial charge is 0.483 e. The minimum absolute atomic E-state index is 0.0309. The van der Waals surface area contributed by atoms with Crippen molar-refractivity contribution in [3.8, 4) is 0 Å². The molecule has 2 unspecified atom stereocenters. The van der Waals surface area contributed by atoms with Gasteiger partial charge in [-0.1, -0.05) is 6.92 Å². The Hall–Kier alpha value is -3.14. The molecule has 162 valence electrons. The maximum atomic E-state index is 13.2. The fourth-order valence-electron chi connectivity index (χ4n) is 4.09. The molecule has 3 aliphatic rings. The Morgan fingerprint density at radius 2 is 2.03 bits per heavy atom. The van der Waals surface area contributed by atoms with Gasteiger partial charge in [-0.3, -0.25) is 19.6 Å². The first-order chi connectivity index (χ1) is 14.5. The first-order valence-corrected chi connectivity index (χ1v) is 10.1. The summed E-state index contributed by atoms with van der Waals surface area (Å²) in [5.74, 6) is -0.0309. The summed E-state index contributed by atoms with van der Waals surface area (Å²) in [6, 6.07) is 5.89. The number of hydrogen-bond donors (Lipinski definition) is 4. The third-order valence-corrected chi connectivity index (χ3v) is 5.62. The molecule has 2 atom stereocenters. The van der Waals surface area contributed by atoms with Crippen LogP contribution in [0.3, 0.4) is 0 Å². The smallest absolute Gasteiger partial charge is 0.319 e. The molecule has 5 rings (SSSR count). The first kappa shape index (κ1) is 21.6. The molecule has 4 heterocycles. The quantitative estimate of drug-likeness (QED) is 0.561. The zero-order valence-corrected chi connectivity index (χ0v) is 17.2. The van der Waals surface area contributed by atoms with Crippen molar-refractivity contribution in [1.29, 1.82) is 0 Å². The molecule has 2 aromatic rings. The SMILES string of the molecule is CCCNC(=O)Nc1ccc2[nH]nc(C(=O)N3CC4CCC3CN4C)c2c1.O=CO. The molecule has 0 radical (unpaired) electrons. The van der Waals surface area contributed by atoms with Crippen molar-refractivity contribution < 1.29 is 19.5 Å². The number of carbonyl (C=O) groups excluding carboxylic acids is 2. The fourth-order valence-corrected chi connectivity index (χ4v) is 4.09. The monoisotopic (exact) mass is 416 g/mol. The molecule has 3 fully saturated rings. The van der Waals surface area contributed by atoms with E-state index in [1.54, 1.807) is 6.07 Å². The molecule has 1 aromatic heterocycles. The number of piperidine rings is 2. The van der Waals surface area contributed by atoms with E-state index in [9.17, 15) is 9.59 Å². The number of carboxylic acid groups (broad SMARTS) is 1. The number of H-pyrrole nitrogens is 1. The summed E-state index contributed by atoms with van der Waals surface area (Å²) >= 11 is 0. The van der Waals surface area contributed by atoms with Gasteiger partial charge in [0.05, 0.1) is 5.52 Å². The number of carbonyl (C=O) groups is 3. The summed E-state index contributed by atoms with van der Waals surface area (Å²) < 4.78 is 0. The van der Waals surface area contributed by atoms with Gasteiger partial charge in [0.1, 0.15) is 0 Å². The van der Waals surface area contributed by atoms with Gasteiger partial charge < -0.3 is 20.6 Å². The molecule has 0 spiro atoms. The highest BCUT2D eigenvalue weighted by molar-refractivity contribution is 6.06. The number of piperazine rings is 1. The van der Waals surface area contributed by atoms with Crippen LogP contribution in [-0.4, -0.2) is 82.3 Å². The maximum absolute atomic E-state index is 13.2. The highest BCUT2D eigenvalue weighted by atomic mass is 16.3. The number of amides is 3. The van der Waals surface area contributed by atoms with E-state index in [-0.39, 0.29) is 24.5 Å². The topological polar surface area (TPSA) is 131 Å². The van der Waals surface area contributed by atoms with Crippen molar-refractivity contribution >= 4 is 35.0 Å². The Labute approximate surface area is 174 Å². The van der Waals surface area contributed by atoms with Crippen LogP contribution < -0.4 is 10.6 Å². The lowest BCUT2D eigenvalue weighted by Gasteiger charge is -2.50. The summed E-state index contributed by atoms with van der Waals surface area (Å²) in [6.45, 7) is 4.05. The van der Waals surface area contributed by atoms with Crippen LogP contribution in [0.5, 0.6) is 0 Å². The zero-order valence-electron chi connectivity index (χ0n) is 17.2. The number of urea groups is 1. The third kappa shape index (κ3) is 4.54. The number of aromatic nitrogens is 2. The normalized spacial score (nSPS) is 20.4. The number of rotatable bonds is 4. The number of nitrogens with zero attached hydrogens (tertiary/aromatic N) is 3. The summed E-state index contributed by atoms with van der Waals surface area (Å²) in [7, 11) is 2.13. The maximum Gasteiger partial charge on any atom is 0.319 e. The number of anilines is 1. The van der Waals surface area contributed by atoms with Crippen molar-refractivity contribution in [3.63, 3.8) is 0 Å². The second-order valence-corrected chi connectivity index (χ2v) is 7.60. The Morgan fingerprint density at radius 3 is 2.67 bits per heavy atom. The van der Waals surface area contributed by atoms with E-state index in [4.69, 9.17) is 9.90 Å². The van der Waals surface area contributed by atoms with Crippen LogP contribution >= 0.6 is 0 Å². The summed E-state index contributed by atoms with van der Waals surface area (Å²) in [5, 5.41) is 20.4. The Kier molecular flexibility index (Phi) is 6.88. The van der Waals surface area contributed by atoms with Gasteiger partial charge in [0.25, 0.3) is 12.4 Å². The van der Waals surface area contributed by atoms with Crippen LogP contribution in [0.1, 0.15) is 36.7 Å². The van der Waals surface area contributed by atoms with E-state index in [0.717, 1.165) is 43.3 Å². The molecule has 4 N–H and O–H groups in total. The lowest BCUT2D eigenvalue weighted by atomic mass is 9.91. The number of fused-ring (bicyclic) bond motifs is 4. The Balaban J connectivity index is 0.000000806. The van der Waals surface area contributed by atoms with Gasteiger partial charge in [0.15, 0.2) is 5.69 Å². The molecule has 3 amide bonds. The van der Waals surface area contributed by atoms with E-state index < -0.39 is 0 Å². The number of benzene rings is 1. The number of aromatic amines is 1. The van der Waals surface area contributed by atoms with Crippen molar-refractivity contribution in [3.05, 3.63) is 23.9 Å². The lowest BCUT2D eigenvalue weighted by Crippen LogP contribution is -2.62. The number of hydrogen-bond acceptors (Lipinski definition) is 5. The van der Waals surface area contributed by atoms with E-state index in [1.165, 1.54) is 0 Å². The fraction of sp³-hybridized carbons (Fsp3) is 0.500. The van der Waals surface area contributed by atoms with Crippen molar-refractivity contribution in [1.82, 2.24) is 25.3 Å². The predicted octanol–water partition coefficient (Wildman–Crippen LogP) is 1.71. The van der Waals surface area contributed by atoms with Crippen molar-refractivity contribution in [2.24, 2.45) is 0 Å². The second kappa shape index (κ2) is 9.57. The molecular formula is C20H28N6O4. The minimum atomic E-state index is -0.250. The molecule has 3 aliphatic heterocycles. The first-order valence-electron chi connectivity index (χ1n) is 10.1. The van der Waals surface area contributed by atoms with E-state index >= 15 is 0 Å². The van der Waals surface area contributed by atoms with Crippen LogP contribution in [0.4, 0.5) is 10.5 Å². The average molecular weight is 416 g/mol. The van der Waals surface area contributed by atoms with Crippen LogP contribution in [-0.2, 0) is 4.79 Å². The van der Waals surface area contributed by atoms with E-state index in [0.29, 0.717) is 24.0 Å². The van der Waals surface area contributed by atoms with Gasteiger partial charge in [0, 0.05) is 42.8 Å². The van der Waals surface area contributed by atoms with Crippen molar-refractivity contribution in [2.75, 3.05) is 32.0 Å². The van der Waals surface area contributed by atoms with Gasteiger partial charge in [-0.2, -0.15) is 5.10 Å². The van der Waals surface area contributed by atoms with E-state index in [1.807, 2.05) is 24.0 Å². The molecule has 30 heavy (non-hydrogen) atoms. The standard InChI is InChI=1S/C19H26N6O2.CH2O2/c1-3-8-20-19(27)21-12-4-7-16-15(9-12)17(23-22-16)18(26)25-11-13-5-6-14(25)10-24(13)2;2-1-3/h4,7,9,13-14H,3,5-6,8,10-11H2,1-2H3,(H,22,23)(H2,20,21,27);1H,(H,2,3). The molecule has 10 nitrogen and oxygen atoms in total. The lowest BCUT2D eigenvalue weighted by molar-refractivity contribution is -0.122. The van der Waals surface area contributed by atoms with Crippen LogP contribution in [0, 0.1) is 0 Å². The van der Waals surface area contributed by atoms with Crippen LogP contribution in [0.15, 0.2) is 18.2 Å². The molecule has 3 saturated heterocycles. The Morgan fingerprint density at radius 1 is 1.30 bits per heavy atom. The van der Waals surface area contributed by atoms with Crippen molar-refractivity contribution in [2.45, 2.75) is 38.3 Å². The highest BCUT2D eigenvalue weighted by Crippen LogP contribution is 2.30. The predicted molar refractivity (Wildman–Crippen MR) is 113 cm³/mol. The summed E-state index contributed by atoms with van der Waals surface area (Å²) in [6.07, 6.45) is 3.07. The summed E-state index contributed by atoms with van der Waals surface area (Å²) in [4.78, 5) is 37.8. The zero-order chi connectivity index (χ0) is 21.7. The van der Waals surface area contributed by atoms with Gasteiger partial charge in [-0.25, -0.2) is 4.79 Å². The molecular weight excluding hydrogens is 388 g/mol. The summed E-state index contributed by atoms with van der Waals surface area (Å²) in [5.41, 5.74) is 1.86. The Bertz CT molecular complexity index is 914. The van der Waals surface area contributed by atoms with Gasteiger partial charge in [0.2, 0.25) is 0 Å². The van der Waals surface area contributed by atoms with Crippen LogP contribution in [0.25, 0.3) is 10.9 Å². The van der Waals surface area contributed by atoms with Crippen LogP contribution in [0.2, 0.25) is 0 Å². The molecule has 1 aromatic carbocycles. The van der Waals surface area contributed by atoms with E-state index in [2.05, 4.69) is 32.8 Å². The molecule has 2 bridgehead atoms. The van der Waals surface area contributed by atoms with Gasteiger partial charge in [-0.15, -0.1) is 0 Å². The average Bonchev–Trinajstić information content (AvgIpc) is 3.16. The third-order valence-electron chi connectivity index (χ3n) is 5.62. The molecule has 10 heteroatoms. The minimum Gasteiger partial charge on any atom is -0.483 e. The highest BCUT2D eigenvalue weighted by Gasteiger charge is 2.40. The second-order valence-electron chi connectivity index (χ2n) is 7.60.